The Labute approximate surface area is 261 Å². The minimum atomic E-state index is -3.79. The second-order valence-electron chi connectivity index (χ2n) is 10.7. The number of nitrogens with zero attached hydrogens (tertiary/aromatic N) is 2. The number of pyridine rings is 1. The van der Waals surface area contributed by atoms with Crippen LogP contribution in [0.3, 0.4) is 0 Å². The number of aromatic nitrogens is 2. The molecule has 234 valence electrons. The van der Waals surface area contributed by atoms with Crippen LogP contribution in [0.2, 0.25) is 0 Å². The molecule has 4 heterocycles. The first-order valence-corrected chi connectivity index (χ1v) is 16.0. The Kier molecular flexibility index (Phi) is 7.02. The van der Waals surface area contributed by atoms with E-state index in [-0.39, 0.29) is 35.0 Å². The third kappa shape index (κ3) is 4.75. The van der Waals surface area contributed by atoms with E-state index < -0.39 is 33.8 Å². The smallest absolute Gasteiger partial charge is 0.255 e. The van der Waals surface area contributed by atoms with Gasteiger partial charge in [0.2, 0.25) is 10.0 Å². The van der Waals surface area contributed by atoms with Crippen molar-refractivity contribution in [1.82, 2.24) is 14.9 Å². The van der Waals surface area contributed by atoms with Crippen LogP contribution in [0.4, 0.5) is 14.5 Å². The summed E-state index contributed by atoms with van der Waals surface area (Å²) in [5.74, 6) is -1.09. The summed E-state index contributed by atoms with van der Waals surface area (Å²) < 4.78 is 70.6. The van der Waals surface area contributed by atoms with Gasteiger partial charge in [0.05, 0.1) is 40.5 Å². The van der Waals surface area contributed by atoms with Gasteiger partial charge in [0, 0.05) is 35.0 Å². The molecule has 1 amide bonds. The molecule has 3 N–H and O–H groups in total. The Bertz CT molecular complexity index is 2300. The molecule has 1 aliphatic rings. The number of ether oxygens (including phenoxy) is 1. The first-order chi connectivity index (χ1) is 22.1. The standard InChI is InChI=1S/C33H26F2N4O6S/c1-3-46(42,43)38-24-15-28-21(30(33(41)36-2)32(45-28)17-7-9-18(34)10-8-17)13-20(24)23-11-12-27-31(37-23)26-14-19-22(35)5-4-6-25(19)39(26)29(16-40)44-27/h4-15,29,38,40H,3,16H2,1-2H3,(H,36,41). The van der Waals surface area contributed by atoms with E-state index in [1.54, 1.807) is 41.0 Å². The van der Waals surface area contributed by atoms with Crippen molar-refractivity contribution in [2.45, 2.75) is 13.2 Å². The van der Waals surface area contributed by atoms with Crippen LogP contribution in [0.5, 0.6) is 5.75 Å². The maximum absolute atomic E-state index is 14.8. The average Bonchev–Trinajstić information content (AvgIpc) is 3.63. The Hall–Kier alpha value is -5.27. The average molecular weight is 645 g/mol. The van der Waals surface area contributed by atoms with E-state index in [1.165, 1.54) is 50.4 Å². The van der Waals surface area contributed by atoms with Crippen molar-refractivity contribution in [2.75, 3.05) is 24.1 Å². The van der Waals surface area contributed by atoms with E-state index in [4.69, 9.17) is 14.1 Å². The van der Waals surface area contributed by atoms with E-state index in [9.17, 15) is 27.1 Å². The SMILES string of the molecule is CCS(=O)(=O)Nc1cc2oc(-c3ccc(F)cc3)c(C(=O)NC)c2cc1-c1ccc2c(n1)-c1cc3c(F)cccc3n1C(CO)O2. The van der Waals surface area contributed by atoms with Crippen LogP contribution in [-0.2, 0) is 10.0 Å². The summed E-state index contributed by atoms with van der Waals surface area (Å²) in [4.78, 5) is 18.1. The third-order valence-electron chi connectivity index (χ3n) is 7.95. The molecule has 3 aromatic carbocycles. The predicted octanol–water partition coefficient (Wildman–Crippen LogP) is 6.07. The number of carbonyl (C=O) groups is 1. The van der Waals surface area contributed by atoms with Crippen LogP contribution < -0.4 is 14.8 Å². The highest BCUT2D eigenvalue weighted by Crippen LogP contribution is 2.44. The predicted molar refractivity (Wildman–Crippen MR) is 169 cm³/mol. The lowest BCUT2D eigenvalue weighted by Gasteiger charge is -2.28. The number of rotatable bonds is 7. The van der Waals surface area contributed by atoms with Gasteiger partial charge in [-0.3, -0.25) is 9.52 Å². The summed E-state index contributed by atoms with van der Waals surface area (Å²) in [5.41, 5.74) is 2.92. The lowest BCUT2D eigenvalue weighted by molar-refractivity contribution is 0.0609. The molecule has 1 aliphatic heterocycles. The van der Waals surface area contributed by atoms with Gasteiger partial charge in [-0.25, -0.2) is 22.2 Å². The number of carbonyl (C=O) groups excluding carboxylic acids is 1. The molecule has 46 heavy (non-hydrogen) atoms. The molecular formula is C33H26F2N4O6S. The Balaban J connectivity index is 1.48. The highest BCUT2D eigenvalue weighted by atomic mass is 32.2. The quantitative estimate of drug-likeness (QED) is 0.192. The third-order valence-corrected chi connectivity index (χ3v) is 9.24. The van der Waals surface area contributed by atoms with Crippen LogP contribution >= 0.6 is 0 Å². The number of benzene rings is 3. The molecule has 0 bridgehead atoms. The highest BCUT2D eigenvalue weighted by molar-refractivity contribution is 7.92. The van der Waals surface area contributed by atoms with Crippen LogP contribution in [0.15, 0.2) is 77.2 Å². The van der Waals surface area contributed by atoms with Gasteiger partial charge >= 0.3 is 0 Å². The van der Waals surface area contributed by atoms with Crippen molar-refractivity contribution in [2.24, 2.45) is 0 Å². The zero-order valence-corrected chi connectivity index (χ0v) is 25.3. The zero-order valence-electron chi connectivity index (χ0n) is 24.5. The van der Waals surface area contributed by atoms with Crippen molar-refractivity contribution >= 4 is 43.5 Å². The lowest BCUT2D eigenvalue weighted by atomic mass is 10.0. The maximum Gasteiger partial charge on any atom is 0.255 e. The minimum Gasteiger partial charge on any atom is -0.465 e. The van der Waals surface area contributed by atoms with Gasteiger partial charge in [-0.15, -0.1) is 0 Å². The number of halogens is 2. The number of aliphatic hydroxyl groups excluding tert-OH is 1. The summed E-state index contributed by atoms with van der Waals surface area (Å²) in [7, 11) is -2.33. The van der Waals surface area contributed by atoms with E-state index in [0.29, 0.717) is 50.2 Å². The van der Waals surface area contributed by atoms with Crippen LogP contribution in [-0.4, -0.2) is 48.4 Å². The second kappa shape index (κ2) is 11.0. The largest absolute Gasteiger partial charge is 0.465 e. The molecule has 6 aromatic rings. The number of hydrogen-bond donors (Lipinski definition) is 3. The monoisotopic (exact) mass is 644 g/mol. The number of aliphatic hydroxyl groups is 1. The van der Waals surface area contributed by atoms with Gasteiger partial charge in [0.15, 0.2) is 6.23 Å². The highest BCUT2D eigenvalue weighted by Gasteiger charge is 2.30. The molecule has 0 radical (unpaired) electrons. The Morgan fingerprint density at radius 1 is 1.04 bits per heavy atom. The van der Waals surface area contributed by atoms with Gasteiger partial charge in [0.1, 0.15) is 34.4 Å². The molecule has 13 heteroatoms. The molecule has 10 nitrogen and oxygen atoms in total. The Morgan fingerprint density at radius 3 is 2.54 bits per heavy atom. The molecule has 0 saturated carbocycles. The molecule has 0 saturated heterocycles. The molecule has 0 spiro atoms. The van der Waals surface area contributed by atoms with Crippen LogP contribution in [0, 0.1) is 11.6 Å². The molecule has 0 aliphatic carbocycles. The van der Waals surface area contributed by atoms with E-state index >= 15 is 0 Å². The molecule has 0 fully saturated rings. The number of amides is 1. The number of anilines is 1. The number of furan rings is 1. The zero-order chi connectivity index (χ0) is 32.3. The van der Waals surface area contributed by atoms with Crippen molar-refractivity contribution in [3.05, 3.63) is 90.0 Å². The fourth-order valence-electron chi connectivity index (χ4n) is 5.73. The number of hydrogen-bond acceptors (Lipinski definition) is 7. The van der Waals surface area contributed by atoms with E-state index in [0.717, 1.165) is 0 Å². The first-order valence-electron chi connectivity index (χ1n) is 14.3. The van der Waals surface area contributed by atoms with Crippen LogP contribution in [0.1, 0.15) is 23.5 Å². The first kappa shape index (κ1) is 29.4. The van der Waals surface area contributed by atoms with Crippen LogP contribution in [0.25, 0.3) is 55.8 Å². The summed E-state index contributed by atoms with van der Waals surface area (Å²) in [6.07, 6.45) is -0.830. The topological polar surface area (TPSA) is 136 Å². The van der Waals surface area contributed by atoms with Gasteiger partial charge in [-0.05, 0) is 67.6 Å². The van der Waals surface area contributed by atoms with Crippen molar-refractivity contribution < 1.29 is 36.3 Å². The minimum absolute atomic E-state index is 0.140. The number of sulfonamides is 1. The van der Waals surface area contributed by atoms with Gasteiger partial charge < -0.3 is 24.1 Å². The lowest BCUT2D eigenvalue weighted by Crippen LogP contribution is -2.24. The summed E-state index contributed by atoms with van der Waals surface area (Å²) >= 11 is 0. The summed E-state index contributed by atoms with van der Waals surface area (Å²) in [6, 6.07) is 18.0. The second-order valence-corrected chi connectivity index (χ2v) is 12.7. The molecule has 1 atom stereocenters. The fourth-order valence-corrected chi connectivity index (χ4v) is 6.38. The van der Waals surface area contributed by atoms with Gasteiger partial charge in [-0.1, -0.05) is 6.07 Å². The van der Waals surface area contributed by atoms with Gasteiger partial charge in [0.25, 0.3) is 5.91 Å². The van der Waals surface area contributed by atoms with Crippen molar-refractivity contribution in [1.29, 1.82) is 0 Å². The number of fused-ring (bicyclic) bond motifs is 6. The van der Waals surface area contributed by atoms with Crippen molar-refractivity contribution in [3.8, 4) is 39.7 Å². The molecule has 1 unspecified atom stereocenters. The fraction of sp³-hybridized carbons (Fsp3) is 0.152. The van der Waals surface area contributed by atoms with E-state index in [2.05, 4.69) is 10.0 Å². The number of nitrogens with one attached hydrogen (secondary N) is 2. The maximum atomic E-state index is 14.8. The van der Waals surface area contributed by atoms with Crippen molar-refractivity contribution in [3.63, 3.8) is 0 Å². The molecule has 3 aromatic heterocycles. The van der Waals surface area contributed by atoms with Gasteiger partial charge in [-0.2, -0.15) is 0 Å². The molecule has 7 rings (SSSR count). The Morgan fingerprint density at radius 2 is 1.83 bits per heavy atom. The summed E-state index contributed by atoms with van der Waals surface area (Å²) in [5, 5.41) is 13.4. The summed E-state index contributed by atoms with van der Waals surface area (Å²) in [6.45, 7) is 1.11. The van der Waals surface area contributed by atoms with E-state index in [1.807, 2.05) is 0 Å². The normalized spacial score (nSPS) is 14.2. The molecular weight excluding hydrogens is 618 g/mol.